The van der Waals surface area contributed by atoms with Gasteiger partial charge >= 0.3 is 0 Å². The summed E-state index contributed by atoms with van der Waals surface area (Å²) < 4.78 is 5.03. The number of aromatic nitrogens is 2. The molecular weight excluding hydrogens is 208 g/mol. The molecule has 1 atom stereocenters. The Morgan fingerprint density at radius 3 is 3.12 bits per heavy atom. The Labute approximate surface area is 93.6 Å². The Kier molecular flexibility index (Phi) is 3.09. The van der Waals surface area contributed by atoms with Crippen LogP contribution in [0.2, 0.25) is 0 Å². The number of aromatic amines is 1. The summed E-state index contributed by atoms with van der Waals surface area (Å²) in [4.78, 5) is 20.2. The van der Waals surface area contributed by atoms with Gasteiger partial charge in [0.1, 0.15) is 0 Å². The predicted molar refractivity (Wildman–Crippen MR) is 60.9 cm³/mol. The number of ether oxygens (including phenoxy) is 1. The van der Waals surface area contributed by atoms with E-state index in [2.05, 4.69) is 27.2 Å². The minimum Gasteiger partial charge on any atom is -0.489 e. The average molecular weight is 224 g/mol. The summed E-state index contributed by atoms with van der Waals surface area (Å²) in [7, 11) is 3.54. The molecule has 6 heteroatoms. The first-order valence-electron chi connectivity index (χ1n) is 5.27. The lowest BCUT2D eigenvalue weighted by Crippen LogP contribution is -2.25. The number of nitrogens with zero attached hydrogens (tertiary/aromatic N) is 2. The molecule has 0 bridgehead atoms. The summed E-state index contributed by atoms with van der Waals surface area (Å²) in [5, 5.41) is 3.23. The molecule has 16 heavy (non-hydrogen) atoms. The molecular formula is C10H16N4O2. The van der Waals surface area contributed by atoms with E-state index in [1.807, 2.05) is 0 Å². The highest BCUT2D eigenvalue weighted by Crippen LogP contribution is 2.18. The van der Waals surface area contributed by atoms with Crippen LogP contribution in [0.1, 0.15) is 6.42 Å². The van der Waals surface area contributed by atoms with Gasteiger partial charge < -0.3 is 19.9 Å². The number of nitrogens with one attached hydrogen (secondary N) is 2. The van der Waals surface area contributed by atoms with Crippen molar-refractivity contribution in [1.29, 1.82) is 0 Å². The van der Waals surface area contributed by atoms with Gasteiger partial charge in [0, 0.05) is 12.6 Å². The minimum absolute atomic E-state index is 0.247. The van der Waals surface area contributed by atoms with Crippen LogP contribution < -0.4 is 15.6 Å². The van der Waals surface area contributed by atoms with E-state index in [0.29, 0.717) is 11.9 Å². The fourth-order valence-corrected chi connectivity index (χ4v) is 1.93. The first kappa shape index (κ1) is 10.9. The molecule has 6 nitrogen and oxygen atoms in total. The summed E-state index contributed by atoms with van der Waals surface area (Å²) in [6.45, 7) is 2.01. The molecule has 0 aromatic carbocycles. The lowest BCUT2D eigenvalue weighted by atomic mass is 10.2. The third-order valence-electron chi connectivity index (χ3n) is 2.75. The molecule has 1 unspecified atom stereocenters. The Morgan fingerprint density at radius 2 is 2.50 bits per heavy atom. The minimum atomic E-state index is -0.258. The molecule has 0 radical (unpaired) electrons. The average Bonchev–Trinajstić information content (AvgIpc) is 2.64. The van der Waals surface area contributed by atoms with E-state index in [0.717, 1.165) is 19.5 Å². The summed E-state index contributed by atoms with van der Waals surface area (Å²) >= 11 is 0. The first-order chi connectivity index (χ1) is 7.70. The molecule has 1 saturated heterocycles. The van der Waals surface area contributed by atoms with E-state index < -0.39 is 0 Å². The Balaban J connectivity index is 2.15. The zero-order chi connectivity index (χ0) is 11.5. The molecule has 0 spiro atoms. The highest BCUT2D eigenvalue weighted by atomic mass is 16.5. The van der Waals surface area contributed by atoms with Gasteiger partial charge in [0.25, 0.3) is 5.56 Å². The lowest BCUT2D eigenvalue weighted by molar-refractivity contribution is 0.404. The topological polar surface area (TPSA) is 70.2 Å². The van der Waals surface area contributed by atoms with Crippen LogP contribution in [0, 0.1) is 0 Å². The second-order valence-corrected chi connectivity index (χ2v) is 4.01. The number of hydrogen-bond acceptors (Lipinski definition) is 5. The number of hydrogen-bond donors (Lipinski definition) is 2. The van der Waals surface area contributed by atoms with E-state index in [1.165, 1.54) is 13.4 Å². The molecule has 0 amide bonds. The maximum Gasteiger partial charge on any atom is 0.295 e. The molecule has 2 N–H and O–H groups in total. The number of methoxy groups -OCH3 is 1. The highest BCUT2D eigenvalue weighted by Gasteiger charge is 2.21. The highest BCUT2D eigenvalue weighted by molar-refractivity contribution is 5.48. The maximum absolute atomic E-state index is 11.4. The van der Waals surface area contributed by atoms with Crippen molar-refractivity contribution in [3.8, 4) is 5.75 Å². The van der Waals surface area contributed by atoms with Gasteiger partial charge in [0.15, 0.2) is 5.82 Å². The smallest absolute Gasteiger partial charge is 0.295 e. The zero-order valence-corrected chi connectivity index (χ0v) is 9.49. The summed E-state index contributed by atoms with van der Waals surface area (Å²) in [5.74, 6) is 0.767. The standard InChI is InChI=1S/C10H16N4O2/c1-14-4-3-7(5-14)13-9-8(16-2)10(15)12-6-11-9/h6-7H,3-5H2,1-2H3,(H2,11,12,13,15). The van der Waals surface area contributed by atoms with Gasteiger partial charge in [-0.15, -0.1) is 0 Å². The van der Waals surface area contributed by atoms with Crippen LogP contribution in [-0.4, -0.2) is 48.2 Å². The van der Waals surface area contributed by atoms with Crippen molar-refractivity contribution in [2.45, 2.75) is 12.5 Å². The molecule has 1 fully saturated rings. The van der Waals surface area contributed by atoms with Crippen LogP contribution in [-0.2, 0) is 0 Å². The third-order valence-corrected chi connectivity index (χ3v) is 2.75. The van der Waals surface area contributed by atoms with Gasteiger partial charge in [-0.25, -0.2) is 4.98 Å². The molecule has 1 aromatic rings. The Hall–Kier alpha value is -1.56. The maximum atomic E-state index is 11.4. The van der Waals surface area contributed by atoms with E-state index in [4.69, 9.17) is 4.74 Å². The van der Waals surface area contributed by atoms with E-state index in [1.54, 1.807) is 0 Å². The third kappa shape index (κ3) is 2.16. The molecule has 0 aliphatic carbocycles. The van der Waals surface area contributed by atoms with Crippen molar-refractivity contribution < 1.29 is 4.74 Å². The first-order valence-corrected chi connectivity index (χ1v) is 5.27. The largest absolute Gasteiger partial charge is 0.489 e. The number of rotatable bonds is 3. The lowest BCUT2D eigenvalue weighted by Gasteiger charge is -2.14. The normalized spacial score (nSPS) is 21.0. The van der Waals surface area contributed by atoms with E-state index in [-0.39, 0.29) is 11.3 Å². The van der Waals surface area contributed by atoms with Crippen LogP contribution in [0.5, 0.6) is 5.75 Å². The monoisotopic (exact) mass is 224 g/mol. The van der Waals surface area contributed by atoms with Gasteiger partial charge in [-0.05, 0) is 20.0 Å². The number of likely N-dealkylation sites (tertiary alicyclic amines) is 1. The van der Waals surface area contributed by atoms with Crippen molar-refractivity contribution in [1.82, 2.24) is 14.9 Å². The van der Waals surface area contributed by atoms with E-state index in [9.17, 15) is 4.79 Å². The van der Waals surface area contributed by atoms with Crippen molar-refractivity contribution in [3.05, 3.63) is 16.7 Å². The van der Waals surface area contributed by atoms with Gasteiger partial charge in [-0.2, -0.15) is 0 Å². The fraction of sp³-hybridized carbons (Fsp3) is 0.600. The van der Waals surface area contributed by atoms with Gasteiger partial charge in [0.2, 0.25) is 5.75 Å². The van der Waals surface area contributed by atoms with Gasteiger partial charge in [-0.1, -0.05) is 0 Å². The van der Waals surface area contributed by atoms with Crippen LogP contribution in [0.4, 0.5) is 5.82 Å². The van der Waals surface area contributed by atoms with E-state index >= 15 is 0 Å². The van der Waals surface area contributed by atoms with Crippen molar-refractivity contribution in [2.24, 2.45) is 0 Å². The Morgan fingerprint density at radius 1 is 1.69 bits per heavy atom. The fourth-order valence-electron chi connectivity index (χ4n) is 1.93. The van der Waals surface area contributed by atoms with Crippen molar-refractivity contribution in [3.63, 3.8) is 0 Å². The molecule has 1 aliphatic heterocycles. The molecule has 1 aromatic heterocycles. The second kappa shape index (κ2) is 4.52. The zero-order valence-electron chi connectivity index (χ0n) is 9.49. The molecule has 88 valence electrons. The Bertz CT molecular complexity index is 418. The summed E-state index contributed by atoms with van der Waals surface area (Å²) in [5.41, 5.74) is -0.258. The van der Waals surface area contributed by atoms with Crippen LogP contribution in [0.3, 0.4) is 0 Å². The molecule has 2 rings (SSSR count). The SMILES string of the molecule is COc1c(NC2CCN(C)C2)nc[nH]c1=O. The number of anilines is 1. The summed E-state index contributed by atoms with van der Waals surface area (Å²) in [6, 6.07) is 0.327. The van der Waals surface area contributed by atoms with Crippen LogP contribution in [0.25, 0.3) is 0 Å². The quantitative estimate of drug-likeness (QED) is 0.750. The van der Waals surface area contributed by atoms with Crippen LogP contribution in [0.15, 0.2) is 11.1 Å². The molecule has 1 aliphatic rings. The molecule has 0 saturated carbocycles. The van der Waals surface area contributed by atoms with Crippen molar-refractivity contribution in [2.75, 3.05) is 32.6 Å². The van der Waals surface area contributed by atoms with Crippen LogP contribution >= 0.6 is 0 Å². The number of likely N-dealkylation sites (N-methyl/N-ethyl adjacent to an activating group) is 1. The number of H-pyrrole nitrogens is 1. The van der Waals surface area contributed by atoms with Gasteiger partial charge in [0.05, 0.1) is 13.4 Å². The van der Waals surface area contributed by atoms with Gasteiger partial charge in [-0.3, -0.25) is 4.79 Å². The molecule has 2 heterocycles. The summed E-state index contributed by atoms with van der Waals surface area (Å²) in [6.07, 6.45) is 2.43. The second-order valence-electron chi connectivity index (χ2n) is 4.01. The van der Waals surface area contributed by atoms with Crippen molar-refractivity contribution >= 4 is 5.82 Å². The predicted octanol–water partition coefficient (Wildman–Crippen LogP) is -0.106.